The van der Waals surface area contributed by atoms with Crippen LogP contribution in [0.2, 0.25) is 0 Å². The highest BCUT2D eigenvalue weighted by molar-refractivity contribution is 5.84. The number of nitrogens with two attached hydrogens (primary N) is 1. The van der Waals surface area contributed by atoms with Gasteiger partial charge in [-0.15, -0.1) is 0 Å². The van der Waals surface area contributed by atoms with Crippen LogP contribution in [0.4, 0.5) is 4.39 Å². The molecule has 6 heteroatoms. The summed E-state index contributed by atoms with van der Waals surface area (Å²) in [4.78, 5) is 12.1. The lowest BCUT2D eigenvalue weighted by atomic mass is 9.76. The number of hydrogen-bond acceptors (Lipinski definition) is 4. The van der Waals surface area contributed by atoms with E-state index in [1.807, 2.05) is 18.6 Å². The topological polar surface area (TPSA) is 81.8 Å². The highest BCUT2D eigenvalue weighted by Gasteiger charge is 2.52. The van der Waals surface area contributed by atoms with Crippen molar-refractivity contribution in [3.05, 3.63) is 65.8 Å². The van der Waals surface area contributed by atoms with E-state index in [1.54, 1.807) is 18.2 Å². The monoisotopic (exact) mass is 384 g/mol. The van der Waals surface area contributed by atoms with Crippen molar-refractivity contribution >= 4 is 5.91 Å². The summed E-state index contributed by atoms with van der Waals surface area (Å²) in [6, 6.07) is 11.3. The molecule has 0 aromatic heterocycles. The standard InChI is InChI=1S/C22H23FNO4/c23-16-1-3-17(4-2-16)27-9-10-28-18-5-6-19-15(12-18)11-14-7-8-22(13-14,20(19)25)21(24)26/h1-6,12-14,20,25H,7-11H2,(H2,24,26). The molecule has 3 unspecified atom stereocenters. The van der Waals surface area contributed by atoms with Gasteiger partial charge in [-0.05, 0) is 79.1 Å². The van der Waals surface area contributed by atoms with Crippen molar-refractivity contribution in [2.45, 2.75) is 25.4 Å². The largest absolute Gasteiger partial charge is 0.490 e. The Kier molecular flexibility index (Phi) is 4.98. The molecule has 3 atom stereocenters. The SMILES string of the molecule is NC(=O)C12[CH]C(CC1)Cc1cc(OCCOc3ccc(F)cc3)ccc1C2O. The third-order valence-corrected chi connectivity index (χ3v) is 5.73. The highest BCUT2D eigenvalue weighted by atomic mass is 19.1. The zero-order valence-electron chi connectivity index (χ0n) is 15.4. The number of primary amides is 1. The van der Waals surface area contributed by atoms with E-state index in [1.165, 1.54) is 12.1 Å². The number of aliphatic hydroxyl groups is 1. The van der Waals surface area contributed by atoms with Gasteiger partial charge in [-0.25, -0.2) is 4.39 Å². The van der Waals surface area contributed by atoms with Crippen LogP contribution in [0.5, 0.6) is 11.5 Å². The molecular weight excluding hydrogens is 361 g/mol. The molecule has 2 aliphatic rings. The molecule has 2 bridgehead atoms. The molecule has 0 heterocycles. The molecule has 1 fully saturated rings. The summed E-state index contributed by atoms with van der Waals surface area (Å²) in [7, 11) is 0. The zero-order chi connectivity index (χ0) is 19.7. The number of carbonyl (C=O) groups excluding carboxylic acids is 1. The summed E-state index contributed by atoms with van der Waals surface area (Å²) in [6.07, 6.45) is 3.20. The van der Waals surface area contributed by atoms with Crippen LogP contribution in [0, 0.1) is 23.6 Å². The molecule has 2 aromatic rings. The maximum Gasteiger partial charge on any atom is 0.226 e. The smallest absolute Gasteiger partial charge is 0.226 e. The predicted molar refractivity (Wildman–Crippen MR) is 101 cm³/mol. The lowest BCUT2D eigenvalue weighted by Crippen LogP contribution is -2.40. The summed E-state index contributed by atoms with van der Waals surface area (Å²) in [5.74, 6) is 0.715. The van der Waals surface area contributed by atoms with E-state index in [0.29, 0.717) is 31.1 Å². The van der Waals surface area contributed by atoms with Gasteiger partial charge in [0.15, 0.2) is 0 Å². The fourth-order valence-electron chi connectivity index (χ4n) is 4.27. The van der Waals surface area contributed by atoms with E-state index < -0.39 is 17.4 Å². The van der Waals surface area contributed by atoms with E-state index in [9.17, 15) is 14.3 Å². The van der Waals surface area contributed by atoms with Crippen LogP contribution in [0.1, 0.15) is 30.1 Å². The molecule has 0 spiro atoms. The second kappa shape index (κ2) is 7.43. The molecule has 1 radical (unpaired) electrons. The number of rotatable bonds is 6. The minimum Gasteiger partial charge on any atom is -0.490 e. The van der Waals surface area contributed by atoms with E-state index in [0.717, 1.165) is 24.0 Å². The maximum absolute atomic E-state index is 12.9. The Morgan fingerprint density at radius 3 is 2.54 bits per heavy atom. The van der Waals surface area contributed by atoms with Crippen molar-refractivity contribution in [1.29, 1.82) is 0 Å². The van der Waals surface area contributed by atoms with Crippen molar-refractivity contribution in [1.82, 2.24) is 0 Å². The number of benzene rings is 2. The minimum absolute atomic E-state index is 0.223. The first-order valence-corrected chi connectivity index (χ1v) is 9.46. The van der Waals surface area contributed by atoms with E-state index in [-0.39, 0.29) is 11.7 Å². The van der Waals surface area contributed by atoms with Gasteiger partial charge in [0.1, 0.15) is 30.5 Å². The van der Waals surface area contributed by atoms with Crippen molar-refractivity contribution in [2.24, 2.45) is 17.1 Å². The van der Waals surface area contributed by atoms with E-state index >= 15 is 0 Å². The Morgan fingerprint density at radius 1 is 1.14 bits per heavy atom. The normalized spacial score (nSPS) is 25.6. The Hall–Kier alpha value is -2.60. The predicted octanol–water partition coefficient (Wildman–Crippen LogP) is 2.96. The third-order valence-electron chi connectivity index (χ3n) is 5.73. The van der Waals surface area contributed by atoms with Gasteiger partial charge in [-0.1, -0.05) is 6.07 Å². The van der Waals surface area contributed by atoms with Crippen LogP contribution in [-0.4, -0.2) is 24.2 Å². The average molecular weight is 384 g/mol. The number of carbonyl (C=O) groups is 1. The number of amides is 1. The number of fused-ring (bicyclic) bond motifs is 3. The molecule has 1 saturated carbocycles. The summed E-state index contributed by atoms with van der Waals surface area (Å²) in [5, 5.41) is 10.9. The molecule has 1 amide bonds. The van der Waals surface area contributed by atoms with Crippen molar-refractivity contribution in [2.75, 3.05) is 13.2 Å². The third kappa shape index (κ3) is 3.44. The van der Waals surface area contributed by atoms with Gasteiger partial charge in [0.05, 0.1) is 11.5 Å². The number of hydrogen-bond donors (Lipinski definition) is 2. The fourth-order valence-corrected chi connectivity index (χ4v) is 4.27. The molecule has 0 aliphatic heterocycles. The number of aliphatic hydroxyl groups excluding tert-OH is 1. The van der Waals surface area contributed by atoms with Crippen LogP contribution in [0.3, 0.4) is 0 Å². The van der Waals surface area contributed by atoms with Crippen molar-refractivity contribution in [3.8, 4) is 11.5 Å². The van der Waals surface area contributed by atoms with Gasteiger partial charge in [0, 0.05) is 0 Å². The second-order valence-electron chi connectivity index (χ2n) is 7.49. The molecule has 5 nitrogen and oxygen atoms in total. The van der Waals surface area contributed by atoms with Gasteiger partial charge in [-0.2, -0.15) is 0 Å². The quantitative estimate of drug-likeness (QED) is 0.751. The first-order chi connectivity index (χ1) is 13.5. The van der Waals surface area contributed by atoms with Crippen molar-refractivity contribution in [3.63, 3.8) is 0 Å². The number of ether oxygens (including phenoxy) is 2. The van der Waals surface area contributed by atoms with E-state index in [4.69, 9.17) is 15.2 Å². The lowest BCUT2D eigenvalue weighted by molar-refractivity contribution is -0.131. The molecule has 0 saturated heterocycles. The van der Waals surface area contributed by atoms with Crippen LogP contribution in [0.15, 0.2) is 42.5 Å². The molecule has 147 valence electrons. The first-order valence-electron chi connectivity index (χ1n) is 9.46. The Bertz CT molecular complexity index is 869. The first kappa shape index (κ1) is 18.7. The summed E-state index contributed by atoms with van der Waals surface area (Å²) < 4.78 is 24.2. The second-order valence-corrected chi connectivity index (χ2v) is 7.49. The fraction of sp³-hybridized carbons (Fsp3) is 0.364. The van der Waals surface area contributed by atoms with Gasteiger partial charge < -0.3 is 20.3 Å². The molecule has 3 N–H and O–H groups in total. The molecular formula is C22H23FNO4. The van der Waals surface area contributed by atoms with Gasteiger partial charge in [-0.3, -0.25) is 4.79 Å². The van der Waals surface area contributed by atoms with Gasteiger partial charge >= 0.3 is 0 Å². The summed E-state index contributed by atoms with van der Waals surface area (Å²) in [6.45, 7) is 0.659. The molecule has 2 aliphatic carbocycles. The Labute approximate surface area is 163 Å². The average Bonchev–Trinajstić information content (AvgIpc) is 3.06. The summed E-state index contributed by atoms with van der Waals surface area (Å²) >= 11 is 0. The van der Waals surface area contributed by atoms with Gasteiger partial charge in [0.2, 0.25) is 5.91 Å². The van der Waals surface area contributed by atoms with Crippen LogP contribution < -0.4 is 15.2 Å². The number of halogens is 1. The van der Waals surface area contributed by atoms with Crippen molar-refractivity contribution < 1.29 is 23.8 Å². The Balaban J connectivity index is 1.42. The highest BCUT2D eigenvalue weighted by Crippen LogP contribution is 2.53. The molecule has 2 aromatic carbocycles. The Morgan fingerprint density at radius 2 is 1.82 bits per heavy atom. The van der Waals surface area contributed by atoms with Gasteiger partial charge in [0.25, 0.3) is 0 Å². The zero-order valence-corrected chi connectivity index (χ0v) is 15.4. The summed E-state index contributed by atoms with van der Waals surface area (Å²) in [5.41, 5.74) is 6.39. The minimum atomic E-state index is -0.971. The maximum atomic E-state index is 12.9. The van der Waals surface area contributed by atoms with Crippen LogP contribution in [-0.2, 0) is 11.2 Å². The van der Waals surface area contributed by atoms with Crippen LogP contribution >= 0.6 is 0 Å². The lowest BCUT2D eigenvalue weighted by Gasteiger charge is -2.31. The molecule has 4 rings (SSSR count). The van der Waals surface area contributed by atoms with E-state index in [2.05, 4.69) is 0 Å². The van der Waals surface area contributed by atoms with Crippen LogP contribution in [0.25, 0.3) is 0 Å². The molecule has 28 heavy (non-hydrogen) atoms.